The molecule has 0 atom stereocenters. The Hall–Kier alpha value is -2.76. The summed E-state index contributed by atoms with van der Waals surface area (Å²) in [5.41, 5.74) is -0.0208. The molecule has 110 valence electrons. The van der Waals surface area contributed by atoms with Crippen molar-refractivity contribution in [2.24, 2.45) is 0 Å². The van der Waals surface area contributed by atoms with Crippen molar-refractivity contribution in [2.45, 2.75) is 0 Å². The average Bonchev–Trinajstić information content (AvgIpc) is 2.46. The van der Waals surface area contributed by atoms with Crippen LogP contribution in [0.5, 0.6) is 17.2 Å². The van der Waals surface area contributed by atoms with E-state index in [4.69, 9.17) is 9.47 Å². The number of hydrogen-bond donors (Lipinski definition) is 2. The number of phenolic OH excluding ortho intramolecular Hbond substituents is 1. The van der Waals surface area contributed by atoms with E-state index in [0.717, 1.165) is 6.07 Å². The van der Waals surface area contributed by atoms with Gasteiger partial charge in [-0.1, -0.05) is 6.07 Å². The molecule has 0 unspecified atom stereocenters. The van der Waals surface area contributed by atoms with Gasteiger partial charge >= 0.3 is 0 Å². The quantitative estimate of drug-likeness (QED) is 0.909. The Morgan fingerprint density at radius 2 is 1.86 bits per heavy atom. The summed E-state index contributed by atoms with van der Waals surface area (Å²) in [6, 6.07) is 8.38. The number of carbonyl (C=O) groups excluding carboxylic acids is 1. The van der Waals surface area contributed by atoms with Crippen LogP contribution in [0, 0.1) is 5.82 Å². The van der Waals surface area contributed by atoms with Gasteiger partial charge < -0.3 is 19.9 Å². The predicted octanol–water partition coefficient (Wildman–Crippen LogP) is 2.80. The van der Waals surface area contributed by atoms with Crippen LogP contribution in [-0.4, -0.2) is 25.2 Å². The Morgan fingerprint density at radius 1 is 1.14 bits per heavy atom. The molecule has 1 amide bonds. The van der Waals surface area contributed by atoms with Crippen molar-refractivity contribution in [2.75, 3.05) is 19.5 Å². The zero-order valence-corrected chi connectivity index (χ0v) is 11.5. The molecule has 5 nitrogen and oxygen atoms in total. The molecule has 2 rings (SSSR count). The molecule has 0 saturated heterocycles. The molecule has 2 N–H and O–H groups in total. The van der Waals surface area contributed by atoms with Crippen molar-refractivity contribution >= 4 is 11.6 Å². The zero-order valence-electron chi connectivity index (χ0n) is 11.5. The largest absolute Gasteiger partial charge is 0.507 e. The fourth-order valence-electron chi connectivity index (χ4n) is 1.85. The Balaban J connectivity index is 2.28. The van der Waals surface area contributed by atoms with Crippen LogP contribution in [0.15, 0.2) is 36.4 Å². The summed E-state index contributed by atoms with van der Waals surface area (Å²) in [6.45, 7) is 0. The van der Waals surface area contributed by atoms with Crippen LogP contribution in [0.3, 0.4) is 0 Å². The summed E-state index contributed by atoms with van der Waals surface area (Å²) >= 11 is 0. The number of benzene rings is 2. The summed E-state index contributed by atoms with van der Waals surface area (Å²) in [7, 11) is 2.96. The number of hydrogen-bond acceptors (Lipinski definition) is 4. The molecule has 0 saturated carbocycles. The second kappa shape index (κ2) is 6.13. The van der Waals surface area contributed by atoms with E-state index >= 15 is 0 Å². The summed E-state index contributed by atoms with van der Waals surface area (Å²) in [5, 5.41) is 12.1. The number of carbonyl (C=O) groups is 1. The highest BCUT2D eigenvalue weighted by Crippen LogP contribution is 2.30. The number of anilines is 1. The molecule has 2 aromatic carbocycles. The molecule has 0 aliphatic carbocycles. The number of ether oxygens (including phenoxy) is 2. The van der Waals surface area contributed by atoms with Crippen molar-refractivity contribution < 1.29 is 23.8 Å². The van der Waals surface area contributed by atoms with Crippen LogP contribution in [-0.2, 0) is 0 Å². The standard InChI is InChI=1S/C15H14FNO4/c1-20-12-7-6-9(8-13(12)21-2)17-15(19)14-10(16)4-3-5-11(14)18/h3-8,18H,1-2H3,(H,17,19). The lowest BCUT2D eigenvalue weighted by atomic mass is 10.1. The fraction of sp³-hybridized carbons (Fsp3) is 0.133. The van der Waals surface area contributed by atoms with E-state index in [9.17, 15) is 14.3 Å². The van der Waals surface area contributed by atoms with Gasteiger partial charge in [0.05, 0.1) is 14.2 Å². The SMILES string of the molecule is COc1ccc(NC(=O)c2c(O)cccc2F)cc1OC. The number of rotatable bonds is 4. The van der Waals surface area contributed by atoms with Gasteiger partial charge in [-0.05, 0) is 24.3 Å². The van der Waals surface area contributed by atoms with Gasteiger partial charge in [0.2, 0.25) is 0 Å². The maximum Gasteiger partial charge on any atom is 0.262 e. The van der Waals surface area contributed by atoms with E-state index in [0.29, 0.717) is 17.2 Å². The average molecular weight is 291 g/mol. The Labute approximate surface area is 120 Å². The minimum atomic E-state index is -0.798. The van der Waals surface area contributed by atoms with Gasteiger partial charge in [0.25, 0.3) is 5.91 Å². The summed E-state index contributed by atoms with van der Waals surface area (Å²) in [5.74, 6) is -1.05. The Bertz CT molecular complexity index is 652. The minimum Gasteiger partial charge on any atom is -0.507 e. The van der Waals surface area contributed by atoms with Gasteiger partial charge in [0.1, 0.15) is 17.1 Å². The van der Waals surface area contributed by atoms with E-state index in [1.165, 1.54) is 32.4 Å². The van der Waals surface area contributed by atoms with Crippen LogP contribution in [0.4, 0.5) is 10.1 Å². The van der Waals surface area contributed by atoms with Gasteiger partial charge in [-0.25, -0.2) is 4.39 Å². The smallest absolute Gasteiger partial charge is 0.262 e. The van der Waals surface area contributed by atoms with Gasteiger partial charge in [-0.2, -0.15) is 0 Å². The van der Waals surface area contributed by atoms with Gasteiger partial charge in [0, 0.05) is 11.8 Å². The highest BCUT2D eigenvalue weighted by atomic mass is 19.1. The van der Waals surface area contributed by atoms with Crippen LogP contribution >= 0.6 is 0 Å². The predicted molar refractivity (Wildman–Crippen MR) is 75.6 cm³/mol. The molecule has 0 spiro atoms. The fourth-order valence-corrected chi connectivity index (χ4v) is 1.85. The summed E-state index contributed by atoms with van der Waals surface area (Å²) < 4.78 is 23.8. The molecule has 0 fully saturated rings. The lowest BCUT2D eigenvalue weighted by Crippen LogP contribution is -2.14. The maximum atomic E-state index is 13.6. The summed E-state index contributed by atoms with van der Waals surface area (Å²) in [4.78, 5) is 12.0. The normalized spacial score (nSPS) is 10.0. The molecule has 21 heavy (non-hydrogen) atoms. The lowest BCUT2D eigenvalue weighted by Gasteiger charge is -2.11. The zero-order chi connectivity index (χ0) is 15.4. The van der Waals surface area contributed by atoms with E-state index in [1.54, 1.807) is 12.1 Å². The van der Waals surface area contributed by atoms with Crippen LogP contribution in [0.25, 0.3) is 0 Å². The van der Waals surface area contributed by atoms with Gasteiger partial charge in [-0.15, -0.1) is 0 Å². The first kappa shape index (κ1) is 14.6. The first-order valence-electron chi connectivity index (χ1n) is 6.07. The van der Waals surface area contributed by atoms with Crippen molar-refractivity contribution in [3.8, 4) is 17.2 Å². The van der Waals surface area contributed by atoms with E-state index in [-0.39, 0.29) is 0 Å². The second-order valence-electron chi connectivity index (χ2n) is 4.16. The number of aromatic hydroxyl groups is 1. The van der Waals surface area contributed by atoms with Gasteiger partial charge in [-0.3, -0.25) is 4.79 Å². The monoisotopic (exact) mass is 291 g/mol. The van der Waals surface area contributed by atoms with Crippen LogP contribution < -0.4 is 14.8 Å². The van der Waals surface area contributed by atoms with Crippen LogP contribution in [0.1, 0.15) is 10.4 Å². The third kappa shape index (κ3) is 3.05. The molecule has 0 aromatic heterocycles. The second-order valence-corrected chi connectivity index (χ2v) is 4.16. The highest BCUT2D eigenvalue weighted by Gasteiger charge is 2.17. The molecule has 0 heterocycles. The first-order valence-corrected chi connectivity index (χ1v) is 6.07. The van der Waals surface area contributed by atoms with Crippen molar-refractivity contribution in [1.82, 2.24) is 0 Å². The maximum absolute atomic E-state index is 13.6. The van der Waals surface area contributed by atoms with E-state index in [2.05, 4.69) is 5.32 Å². The van der Waals surface area contributed by atoms with E-state index < -0.39 is 23.0 Å². The van der Waals surface area contributed by atoms with Crippen LogP contribution in [0.2, 0.25) is 0 Å². The van der Waals surface area contributed by atoms with Crippen molar-refractivity contribution in [3.05, 3.63) is 47.8 Å². The number of nitrogens with one attached hydrogen (secondary N) is 1. The number of phenols is 1. The number of methoxy groups -OCH3 is 2. The van der Waals surface area contributed by atoms with Gasteiger partial charge in [0.15, 0.2) is 11.5 Å². The first-order chi connectivity index (χ1) is 10.1. The molecule has 0 bridgehead atoms. The topological polar surface area (TPSA) is 67.8 Å². The minimum absolute atomic E-state index is 0.389. The molecule has 0 radical (unpaired) electrons. The third-order valence-corrected chi connectivity index (χ3v) is 2.86. The van der Waals surface area contributed by atoms with Crippen molar-refractivity contribution in [1.29, 1.82) is 0 Å². The molecule has 2 aromatic rings. The number of amides is 1. The van der Waals surface area contributed by atoms with Crippen molar-refractivity contribution in [3.63, 3.8) is 0 Å². The molecule has 6 heteroatoms. The number of halogens is 1. The Morgan fingerprint density at radius 3 is 2.48 bits per heavy atom. The molecule has 0 aliphatic rings. The molecule has 0 aliphatic heterocycles. The molecular weight excluding hydrogens is 277 g/mol. The van der Waals surface area contributed by atoms with E-state index in [1.807, 2.05) is 0 Å². The molecular formula is C15H14FNO4. The Kier molecular flexibility index (Phi) is 4.27. The highest BCUT2D eigenvalue weighted by molar-refractivity contribution is 6.06. The third-order valence-electron chi connectivity index (χ3n) is 2.86. The summed E-state index contributed by atoms with van der Waals surface area (Å²) in [6.07, 6.45) is 0. The lowest BCUT2D eigenvalue weighted by molar-refractivity contribution is 0.102.